The summed E-state index contributed by atoms with van der Waals surface area (Å²) in [4.78, 5) is 42.5. The number of phosphoric ester groups is 1. The Kier molecular flexibility index (Phi) is 31.6. The molecule has 0 rings (SSSR count). The quantitative estimate of drug-likeness (QED) is 0.0322. The van der Waals surface area contributed by atoms with Crippen molar-refractivity contribution in [2.24, 2.45) is 0 Å². The Morgan fingerprint density at radius 3 is 1.49 bits per heavy atom. The largest absolute Gasteiger partial charge is 0.469 e. The minimum atomic E-state index is -4.77. The Hall–Kier alpha value is -2.51. The van der Waals surface area contributed by atoms with Gasteiger partial charge < -0.3 is 19.3 Å². The van der Waals surface area contributed by atoms with Crippen LogP contribution in [0, 0.1) is 0 Å². The molecule has 0 aliphatic heterocycles. The van der Waals surface area contributed by atoms with Crippen LogP contribution in [0.3, 0.4) is 0 Å². The molecule has 0 fully saturated rings. The predicted octanol–water partition coefficient (Wildman–Crippen LogP) is 10.3. The molecule has 0 aromatic rings. The Bertz CT molecular complexity index is 990. The van der Waals surface area contributed by atoms with Gasteiger partial charge >= 0.3 is 19.8 Å². The van der Waals surface area contributed by atoms with Gasteiger partial charge in [0.2, 0.25) is 0 Å². The van der Waals surface area contributed by atoms with E-state index in [0.29, 0.717) is 12.8 Å². The van der Waals surface area contributed by atoms with E-state index in [2.05, 4.69) is 79.1 Å². The van der Waals surface area contributed by atoms with Gasteiger partial charge in [0.1, 0.15) is 6.61 Å². The van der Waals surface area contributed by atoms with Gasteiger partial charge in [0, 0.05) is 12.8 Å². The van der Waals surface area contributed by atoms with E-state index in [1.807, 2.05) is 12.2 Å². The number of ether oxygens (including phenoxy) is 2. The normalized spacial score (nSPS) is 13.4. The van der Waals surface area contributed by atoms with Crippen molar-refractivity contribution in [1.82, 2.24) is 0 Å². The van der Waals surface area contributed by atoms with Gasteiger partial charge in [-0.3, -0.25) is 14.1 Å². The van der Waals surface area contributed by atoms with Crippen LogP contribution in [-0.4, -0.2) is 41.0 Å². The molecule has 0 radical (unpaired) electrons. The highest BCUT2D eigenvalue weighted by Crippen LogP contribution is 2.35. The Morgan fingerprint density at radius 1 is 0.574 bits per heavy atom. The van der Waals surface area contributed by atoms with Gasteiger partial charge in [0.15, 0.2) is 6.10 Å². The van der Waals surface area contributed by atoms with Crippen LogP contribution in [0.1, 0.15) is 136 Å². The highest BCUT2D eigenvalue weighted by Gasteiger charge is 2.22. The summed E-state index contributed by atoms with van der Waals surface area (Å²) in [5.74, 6) is -0.991. The van der Waals surface area contributed by atoms with Crippen LogP contribution in [0.2, 0.25) is 0 Å². The van der Waals surface area contributed by atoms with Gasteiger partial charge in [-0.2, -0.15) is 0 Å². The third-order valence-corrected chi connectivity index (χ3v) is 7.49. The van der Waals surface area contributed by atoms with Gasteiger partial charge in [-0.15, -0.1) is 0 Å². The van der Waals surface area contributed by atoms with Gasteiger partial charge in [-0.1, -0.05) is 145 Å². The fraction of sp³-hybridized carbons (Fsp3) is 0.632. The van der Waals surface area contributed by atoms with E-state index in [1.165, 1.54) is 38.5 Å². The van der Waals surface area contributed by atoms with E-state index in [0.717, 1.165) is 57.8 Å². The summed E-state index contributed by atoms with van der Waals surface area (Å²) in [6.07, 6.45) is 42.1. The molecule has 0 spiro atoms. The third kappa shape index (κ3) is 36.2. The molecular formula is C38H63O8P. The molecule has 0 saturated heterocycles. The van der Waals surface area contributed by atoms with Crippen molar-refractivity contribution in [3.63, 3.8) is 0 Å². The van der Waals surface area contributed by atoms with E-state index in [1.54, 1.807) is 0 Å². The van der Waals surface area contributed by atoms with Crippen molar-refractivity contribution in [2.45, 2.75) is 142 Å². The number of carbonyl (C=O) groups excluding carboxylic acids is 2. The molecule has 2 N–H and O–H groups in total. The zero-order chi connectivity index (χ0) is 34.7. The van der Waals surface area contributed by atoms with E-state index in [9.17, 15) is 14.2 Å². The molecule has 0 aliphatic rings. The molecule has 47 heavy (non-hydrogen) atoms. The minimum Gasteiger partial charge on any atom is -0.462 e. The van der Waals surface area contributed by atoms with Crippen molar-refractivity contribution in [3.05, 3.63) is 72.9 Å². The van der Waals surface area contributed by atoms with Gasteiger partial charge in [-0.05, 0) is 51.4 Å². The van der Waals surface area contributed by atoms with Crippen molar-refractivity contribution >= 4 is 19.8 Å². The number of carbonyl (C=O) groups is 2. The Morgan fingerprint density at radius 2 is 1.02 bits per heavy atom. The van der Waals surface area contributed by atoms with Crippen LogP contribution in [0.4, 0.5) is 0 Å². The first-order valence-corrected chi connectivity index (χ1v) is 19.3. The number of esters is 2. The number of phosphoric acid groups is 1. The fourth-order valence-electron chi connectivity index (χ4n) is 4.40. The molecule has 0 heterocycles. The lowest BCUT2D eigenvalue weighted by molar-refractivity contribution is -0.161. The minimum absolute atomic E-state index is 0.0845. The van der Waals surface area contributed by atoms with E-state index >= 15 is 0 Å². The Labute approximate surface area is 285 Å². The number of hydrogen-bond acceptors (Lipinski definition) is 6. The lowest BCUT2D eigenvalue weighted by Gasteiger charge is -2.18. The predicted molar refractivity (Wildman–Crippen MR) is 193 cm³/mol. The molecule has 8 nitrogen and oxygen atoms in total. The van der Waals surface area contributed by atoms with E-state index in [-0.39, 0.29) is 19.4 Å². The van der Waals surface area contributed by atoms with Crippen molar-refractivity contribution in [1.29, 1.82) is 0 Å². The molecule has 0 saturated carbocycles. The van der Waals surface area contributed by atoms with E-state index in [4.69, 9.17) is 19.3 Å². The average molecular weight is 679 g/mol. The van der Waals surface area contributed by atoms with Crippen LogP contribution in [0.5, 0.6) is 0 Å². The van der Waals surface area contributed by atoms with Crippen molar-refractivity contribution in [3.8, 4) is 0 Å². The summed E-state index contributed by atoms with van der Waals surface area (Å²) in [5, 5.41) is 0. The summed E-state index contributed by atoms with van der Waals surface area (Å²) in [6, 6.07) is 0. The van der Waals surface area contributed by atoms with Gasteiger partial charge in [-0.25, -0.2) is 4.57 Å². The summed E-state index contributed by atoms with van der Waals surface area (Å²) in [7, 11) is -4.77. The second-order valence-electron chi connectivity index (χ2n) is 11.5. The van der Waals surface area contributed by atoms with Gasteiger partial charge in [0.25, 0.3) is 0 Å². The molecule has 0 bridgehead atoms. The highest BCUT2D eigenvalue weighted by molar-refractivity contribution is 7.46. The highest BCUT2D eigenvalue weighted by atomic mass is 31.2. The van der Waals surface area contributed by atoms with Gasteiger partial charge in [0.05, 0.1) is 6.61 Å². The maximum Gasteiger partial charge on any atom is 0.469 e. The topological polar surface area (TPSA) is 119 Å². The lowest BCUT2D eigenvalue weighted by Crippen LogP contribution is -2.29. The summed E-state index contributed by atoms with van der Waals surface area (Å²) >= 11 is 0. The maximum atomic E-state index is 12.3. The second-order valence-corrected chi connectivity index (χ2v) is 12.7. The first-order chi connectivity index (χ1) is 22.8. The zero-order valence-electron chi connectivity index (χ0n) is 29.1. The molecule has 1 unspecified atom stereocenters. The van der Waals surface area contributed by atoms with Crippen molar-refractivity contribution in [2.75, 3.05) is 13.2 Å². The standard InChI is InChI=1S/C38H63O8P/c1-3-5-7-9-11-13-15-16-17-18-19-20-21-22-23-25-27-29-31-33-38(40)46-36(35-45-47(41,42)43)34-44-37(39)32-30-28-26-24-14-12-10-8-6-4-2/h5,7,11,13,16-17,19-20,22-23,27,29,36H,3-4,6,8-10,12,14-15,18,21,24-26,28,30-35H2,1-2H3,(H2,41,42,43)/b7-5-,13-11-,17-16-,20-19-,23-22-,29-27-. The van der Waals surface area contributed by atoms with Crippen LogP contribution >= 0.6 is 7.82 Å². The number of hydrogen-bond donors (Lipinski definition) is 2. The number of unbranched alkanes of at least 4 members (excludes halogenated alkanes) is 9. The molecule has 0 amide bonds. The lowest BCUT2D eigenvalue weighted by atomic mass is 10.1. The summed E-state index contributed by atoms with van der Waals surface area (Å²) in [5.41, 5.74) is 0. The smallest absolute Gasteiger partial charge is 0.462 e. The molecule has 0 aromatic heterocycles. The van der Waals surface area contributed by atoms with Crippen LogP contribution in [-0.2, 0) is 28.2 Å². The molecular weight excluding hydrogens is 615 g/mol. The molecule has 0 aliphatic carbocycles. The molecule has 268 valence electrons. The maximum absolute atomic E-state index is 12.3. The summed E-state index contributed by atoms with van der Waals surface area (Å²) < 4.78 is 26.1. The number of allylic oxidation sites excluding steroid dienone is 12. The molecule has 1 atom stereocenters. The average Bonchev–Trinajstić information content (AvgIpc) is 3.04. The number of rotatable bonds is 31. The molecule has 9 heteroatoms. The second kappa shape index (κ2) is 33.4. The first-order valence-electron chi connectivity index (χ1n) is 17.7. The monoisotopic (exact) mass is 678 g/mol. The molecule has 0 aromatic carbocycles. The van der Waals surface area contributed by atoms with Crippen LogP contribution in [0.25, 0.3) is 0 Å². The van der Waals surface area contributed by atoms with Crippen LogP contribution in [0.15, 0.2) is 72.9 Å². The zero-order valence-corrected chi connectivity index (χ0v) is 30.0. The fourth-order valence-corrected chi connectivity index (χ4v) is 4.76. The first kappa shape index (κ1) is 44.5. The third-order valence-electron chi connectivity index (χ3n) is 7.00. The van der Waals surface area contributed by atoms with Crippen molar-refractivity contribution < 1.29 is 37.9 Å². The SMILES string of the molecule is CC/C=C\C/C=C\C/C=C\C/C=C\C/C=C\C/C=C\CCC(=O)OC(COC(=O)CCCCCCCCCCCC)COP(=O)(O)O. The van der Waals surface area contributed by atoms with Crippen LogP contribution < -0.4 is 0 Å². The summed E-state index contributed by atoms with van der Waals surface area (Å²) in [6.45, 7) is 3.46. The van der Waals surface area contributed by atoms with E-state index < -0.39 is 32.5 Å². The Balaban J connectivity index is 4.16.